The Balaban J connectivity index is 1.42. The molecule has 2 aromatic heterocycles. The molecule has 4 rings (SSSR count). The highest BCUT2D eigenvalue weighted by Crippen LogP contribution is 2.31. The highest BCUT2D eigenvalue weighted by molar-refractivity contribution is 8.01. The van der Waals surface area contributed by atoms with Crippen molar-refractivity contribution in [3.8, 4) is 0 Å². The number of hydrogen-bond donors (Lipinski definition) is 1. The summed E-state index contributed by atoms with van der Waals surface area (Å²) in [5, 5.41) is 2.81. The van der Waals surface area contributed by atoms with E-state index in [9.17, 15) is 9.59 Å². The average molecular weight is 387 g/mol. The maximum atomic E-state index is 12.1. The average Bonchev–Trinajstić information content (AvgIpc) is 3.40. The molecule has 0 atom stereocenters. The Morgan fingerprint density at radius 2 is 2.12 bits per heavy atom. The van der Waals surface area contributed by atoms with E-state index < -0.39 is 0 Å². The Morgan fingerprint density at radius 3 is 2.88 bits per heavy atom. The molecule has 3 aromatic rings. The van der Waals surface area contributed by atoms with Crippen LogP contribution in [-0.4, -0.2) is 40.5 Å². The van der Waals surface area contributed by atoms with Crippen molar-refractivity contribution >= 4 is 50.8 Å². The van der Waals surface area contributed by atoms with Gasteiger partial charge in [0.25, 0.3) is 5.91 Å². The molecule has 2 amide bonds. The SMILES string of the molecule is O=C(Nc1ccc2nc(SCC(=O)N3CCCC3)sc2c1)c1ccco1. The molecule has 26 heavy (non-hydrogen) atoms. The van der Waals surface area contributed by atoms with Crippen molar-refractivity contribution in [2.24, 2.45) is 0 Å². The first-order valence-electron chi connectivity index (χ1n) is 8.35. The van der Waals surface area contributed by atoms with Crippen LogP contribution in [0.2, 0.25) is 0 Å². The number of aromatic nitrogens is 1. The van der Waals surface area contributed by atoms with Crippen molar-refractivity contribution in [1.29, 1.82) is 0 Å². The lowest BCUT2D eigenvalue weighted by Gasteiger charge is -2.13. The molecule has 1 aromatic carbocycles. The van der Waals surface area contributed by atoms with Crippen molar-refractivity contribution in [1.82, 2.24) is 9.88 Å². The molecule has 0 unspecified atom stereocenters. The molecule has 3 heterocycles. The number of thiazole rings is 1. The molecule has 1 aliphatic rings. The van der Waals surface area contributed by atoms with Gasteiger partial charge in [-0.2, -0.15) is 0 Å². The first kappa shape index (κ1) is 17.1. The van der Waals surface area contributed by atoms with Crippen LogP contribution in [0.1, 0.15) is 23.4 Å². The fourth-order valence-electron chi connectivity index (χ4n) is 2.82. The number of anilines is 1. The van der Waals surface area contributed by atoms with Crippen LogP contribution < -0.4 is 5.32 Å². The zero-order valence-electron chi connectivity index (χ0n) is 13.9. The predicted molar refractivity (Wildman–Crippen MR) is 103 cm³/mol. The second kappa shape index (κ2) is 7.51. The first-order chi connectivity index (χ1) is 12.7. The molecule has 0 spiro atoms. The van der Waals surface area contributed by atoms with Crippen LogP contribution in [-0.2, 0) is 4.79 Å². The summed E-state index contributed by atoms with van der Waals surface area (Å²) in [6.45, 7) is 1.75. The van der Waals surface area contributed by atoms with Crippen LogP contribution in [0.3, 0.4) is 0 Å². The number of fused-ring (bicyclic) bond motifs is 1. The molecule has 1 fully saturated rings. The number of nitrogens with one attached hydrogen (secondary N) is 1. The number of carbonyl (C=O) groups excluding carboxylic acids is 2. The van der Waals surface area contributed by atoms with Gasteiger partial charge in [0.05, 0.1) is 22.2 Å². The molecule has 0 saturated carbocycles. The largest absolute Gasteiger partial charge is 0.459 e. The van der Waals surface area contributed by atoms with Crippen LogP contribution >= 0.6 is 23.1 Å². The van der Waals surface area contributed by atoms with Crippen molar-refractivity contribution in [2.45, 2.75) is 17.2 Å². The van der Waals surface area contributed by atoms with E-state index in [1.807, 2.05) is 23.1 Å². The van der Waals surface area contributed by atoms with Gasteiger partial charge >= 0.3 is 0 Å². The number of furan rings is 1. The quantitative estimate of drug-likeness (QED) is 0.673. The van der Waals surface area contributed by atoms with Gasteiger partial charge in [-0.15, -0.1) is 11.3 Å². The third kappa shape index (κ3) is 3.76. The minimum atomic E-state index is -0.287. The van der Waals surface area contributed by atoms with E-state index in [2.05, 4.69) is 10.3 Å². The normalized spacial score (nSPS) is 14.1. The maximum absolute atomic E-state index is 12.1. The Bertz CT molecular complexity index is 930. The van der Waals surface area contributed by atoms with Gasteiger partial charge in [0, 0.05) is 18.8 Å². The van der Waals surface area contributed by atoms with E-state index >= 15 is 0 Å². The van der Waals surface area contributed by atoms with Crippen molar-refractivity contribution in [3.05, 3.63) is 42.4 Å². The highest BCUT2D eigenvalue weighted by Gasteiger charge is 2.18. The molecule has 1 N–H and O–H groups in total. The third-order valence-corrected chi connectivity index (χ3v) is 6.30. The second-order valence-electron chi connectivity index (χ2n) is 5.97. The Hall–Kier alpha value is -2.32. The van der Waals surface area contributed by atoms with Crippen LogP contribution in [0.15, 0.2) is 45.4 Å². The fraction of sp³-hybridized carbons (Fsp3) is 0.278. The molecule has 0 aliphatic carbocycles. The van der Waals surface area contributed by atoms with Gasteiger partial charge in [0.15, 0.2) is 10.1 Å². The Labute approximate surface area is 158 Å². The van der Waals surface area contributed by atoms with E-state index in [4.69, 9.17) is 4.42 Å². The summed E-state index contributed by atoms with van der Waals surface area (Å²) >= 11 is 3.00. The number of rotatable bonds is 5. The number of carbonyl (C=O) groups is 2. The monoisotopic (exact) mass is 387 g/mol. The molecule has 6 nitrogen and oxygen atoms in total. The number of thioether (sulfide) groups is 1. The summed E-state index contributed by atoms with van der Waals surface area (Å²) in [6, 6.07) is 8.86. The van der Waals surface area contributed by atoms with Crippen LogP contribution in [0.25, 0.3) is 10.2 Å². The van der Waals surface area contributed by atoms with Gasteiger partial charge in [0.2, 0.25) is 5.91 Å². The van der Waals surface area contributed by atoms with Gasteiger partial charge in [0.1, 0.15) is 0 Å². The van der Waals surface area contributed by atoms with Gasteiger partial charge in [-0.1, -0.05) is 11.8 Å². The lowest BCUT2D eigenvalue weighted by molar-refractivity contribution is -0.127. The van der Waals surface area contributed by atoms with E-state index in [0.29, 0.717) is 11.4 Å². The fourth-order valence-corrected chi connectivity index (χ4v) is 4.84. The summed E-state index contributed by atoms with van der Waals surface area (Å²) in [5.74, 6) is 0.580. The van der Waals surface area contributed by atoms with Gasteiger partial charge in [-0.25, -0.2) is 4.98 Å². The molecule has 1 aliphatic heterocycles. The summed E-state index contributed by atoms with van der Waals surface area (Å²) in [7, 11) is 0. The molecule has 0 radical (unpaired) electrons. The smallest absolute Gasteiger partial charge is 0.291 e. The summed E-state index contributed by atoms with van der Waals surface area (Å²) in [5.41, 5.74) is 1.55. The number of nitrogens with zero attached hydrogens (tertiary/aromatic N) is 2. The molecule has 1 saturated heterocycles. The summed E-state index contributed by atoms with van der Waals surface area (Å²) < 4.78 is 6.93. The van der Waals surface area contributed by atoms with E-state index in [1.165, 1.54) is 29.4 Å². The Kier molecular flexibility index (Phi) is 4.94. The first-order valence-corrected chi connectivity index (χ1v) is 10.2. The van der Waals surface area contributed by atoms with Crippen molar-refractivity contribution in [2.75, 3.05) is 24.2 Å². The predicted octanol–water partition coefficient (Wildman–Crippen LogP) is 3.86. The van der Waals surface area contributed by atoms with Gasteiger partial charge in [-0.05, 0) is 43.2 Å². The summed E-state index contributed by atoms with van der Waals surface area (Å²) in [4.78, 5) is 30.7. The van der Waals surface area contributed by atoms with E-state index in [0.717, 1.165) is 40.5 Å². The van der Waals surface area contributed by atoms with E-state index in [-0.39, 0.29) is 17.6 Å². The standard InChI is InChI=1S/C18H17N3O3S2/c22-16(21-7-1-2-8-21)11-25-18-20-13-6-5-12(10-15(13)26-18)19-17(23)14-4-3-9-24-14/h3-6,9-10H,1-2,7-8,11H2,(H,19,23). The number of likely N-dealkylation sites (tertiary alicyclic amines) is 1. The number of hydrogen-bond acceptors (Lipinski definition) is 6. The minimum Gasteiger partial charge on any atom is -0.459 e. The van der Waals surface area contributed by atoms with Crippen LogP contribution in [0.5, 0.6) is 0 Å². The molecule has 134 valence electrons. The highest BCUT2D eigenvalue weighted by atomic mass is 32.2. The Morgan fingerprint density at radius 1 is 1.27 bits per heavy atom. The van der Waals surface area contributed by atoms with E-state index in [1.54, 1.807) is 12.1 Å². The van der Waals surface area contributed by atoms with Crippen molar-refractivity contribution in [3.63, 3.8) is 0 Å². The zero-order valence-corrected chi connectivity index (χ0v) is 15.6. The van der Waals surface area contributed by atoms with Crippen LogP contribution in [0.4, 0.5) is 5.69 Å². The lowest BCUT2D eigenvalue weighted by Crippen LogP contribution is -2.29. The molecule has 8 heteroatoms. The maximum Gasteiger partial charge on any atom is 0.291 e. The van der Waals surface area contributed by atoms with Gasteiger partial charge in [-0.3, -0.25) is 9.59 Å². The lowest BCUT2D eigenvalue weighted by atomic mass is 10.3. The third-order valence-electron chi connectivity index (χ3n) is 4.15. The second-order valence-corrected chi connectivity index (χ2v) is 8.22. The van der Waals surface area contributed by atoms with Crippen LogP contribution in [0, 0.1) is 0 Å². The van der Waals surface area contributed by atoms with Crippen molar-refractivity contribution < 1.29 is 14.0 Å². The number of benzene rings is 1. The summed E-state index contributed by atoms with van der Waals surface area (Å²) in [6.07, 6.45) is 3.67. The zero-order chi connectivity index (χ0) is 17.9. The molecular formula is C18H17N3O3S2. The topological polar surface area (TPSA) is 75.4 Å². The van der Waals surface area contributed by atoms with Gasteiger partial charge < -0.3 is 14.6 Å². The molecule has 0 bridgehead atoms. The number of amides is 2. The molecular weight excluding hydrogens is 370 g/mol. The minimum absolute atomic E-state index is 0.179.